The lowest BCUT2D eigenvalue weighted by Crippen LogP contribution is -2.27. The summed E-state index contributed by atoms with van der Waals surface area (Å²) in [4.78, 5) is 12.0. The second-order valence-electron chi connectivity index (χ2n) is 8.33. The van der Waals surface area contributed by atoms with Crippen LogP contribution in [0, 0.1) is 5.41 Å². The van der Waals surface area contributed by atoms with Gasteiger partial charge in [-0.2, -0.15) is 0 Å². The summed E-state index contributed by atoms with van der Waals surface area (Å²) in [6.45, 7) is 13.4. The Morgan fingerprint density at radius 3 is 2.10 bits per heavy atom. The van der Waals surface area contributed by atoms with Gasteiger partial charge in [0.15, 0.2) is 0 Å². The van der Waals surface area contributed by atoms with Crippen molar-refractivity contribution in [2.24, 2.45) is 5.41 Å². The Kier molecular flexibility index (Phi) is 6.05. The zero-order valence-corrected chi connectivity index (χ0v) is 15.3. The number of ether oxygens (including phenoxy) is 1. The molecule has 20 heavy (non-hydrogen) atoms. The molecule has 0 atom stereocenters. The van der Waals surface area contributed by atoms with E-state index in [1.54, 1.807) is 5.57 Å². The van der Waals surface area contributed by atoms with Gasteiger partial charge in [-0.1, -0.05) is 31.6 Å². The summed E-state index contributed by atoms with van der Waals surface area (Å²) in [7, 11) is -1.17. The third kappa shape index (κ3) is 6.25. The van der Waals surface area contributed by atoms with Crippen LogP contribution >= 0.6 is 0 Å². The lowest BCUT2D eigenvalue weighted by Gasteiger charge is -2.25. The zero-order chi connectivity index (χ0) is 15.4. The molecule has 0 aromatic rings. The minimum atomic E-state index is -1.17. The second-order valence-corrected chi connectivity index (χ2v) is 13.8. The summed E-state index contributed by atoms with van der Waals surface area (Å²) in [5.41, 5.74) is 2.61. The van der Waals surface area contributed by atoms with E-state index in [1.807, 2.05) is 20.8 Å². The highest BCUT2D eigenvalue weighted by atomic mass is 28.3. The van der Waals surface area contributed by atoms with Crippen LogP contribution in [0.25, 0.3) is 0 Å². The van der Waals surface area contributed by atoms with E-state index in [-0.39, 0.29) is 5.97 Å². The van der Waals surface area contributed by atoms with Crippen molar-refractivity contribution in [2.75, 3.05) is 6.61 Å². The SMILES string of the molecule is CC(C)(C)C(=O)OCC(C[Si](C)(C)C)=C1CCCCC1. The normalized spacial score (nSPS) is 17.0. The van der Waals surface area contributed by atoms with Crippen LogP contribution in [0.2, 0.25) is 25.7 Å². The molecule has 0 unspecified atom stereocenters. The van der Waals surface area contributed by atoms with Crippen LogP contribution in [0.15, 0.2) is 11.1 Å². The van der Waals surface area contributed by atoms with Gasteiger partial charge in [0.25, 0.3) is 0 Å². The van der Waals surface area contributed by atoms with Crippen molar-refractivity contribution in [3.63, 3.8) is 0 Å². The molecule has 0 aromatic heterocycles. The average Bonchev–Trinajstić information content (AvgIpc) is 2.32. The maximum atomic E-state index is 12.0. The topological polar surface area (TPSA) is 26.3 Å². The van der Waals surface area contributed by atoms with Gasteiger partial charge in [-0.05, 0) is 58.1 Å². The van der Waals surface area contributed by atoms with Gasteiger partial charge in [-0.15, -0.1) is 0 Å². The molecule has 1 aliphatic rings. The summed E-state index contributed by atoms with van der Waals surface area (Å²) in [5, 5.41) is 0. The van der Waals surface area contributed by atoms with Gasteiger partial charge in [0.2, 0.25) is 0 Å². The number of carbonyl (C=O) groups excluding carboxylic acids is 1. The maximum absolute atomic E-state index is 12.0. The van der Waals surface area contributed by atoms with E-state index in [0.29, 0.717) is 6.61 Å². The van der Waals surface area contributed by atoms with Crippen molar-refractivity contribution in [1.82, 2.24) is 0 Å². The van der Waals surface area contributed by atoms with E-state index in [2.05, 4.69) is 19.6 Å². The molecule has 0 radical (unpaired) electrons. The minimum Gasteiger partial charge on any atom is -0.461 e. The monoisotopic (exact) mass is 296 g/mol. The fraction of sp³-hybridized carbons (Fsp3) is 0.824. The van der Waals surface area contributed by atoms with Crippen LogP contribution in [-0.4, -0.2) is 20.7 Å². The molecule has 116 valence electrons. The van der Waals surface area contributed by atoms with Crippen LogP contribution in [-0.2, 0) is 9.53 Å². The summed E-state index contributed by atoms with van der Waals surface area (Å²) in [6.07, 6.45) is 6.39. The molecule has 0 amide bonds. The minimum absolute atomic E-state index is 0.0815. The molecule has 3 heteroatoms. The summed E-state index contributed by atoms with van der Waals surface area (Å²) in [6, 6.07) is 1.17. The standard InChI is InChI=1S/C17H32O2Si/c1-17(2,3)16(18)19-12-15(13-20(4,5)6)14-10-8-7-9-11-14/h7-13H2,1-6H3. The number of hydrogen-bond donors (Lipinski definition) is 0. The lowest BCUT2D eigenvalue weighted by molar-refractivity contribution is -0.151. The Balaban J connectivity index is 2.76. The number of allylic oxidation sites excluding steroid dienone is 1. The van der Waals surface area contributed by atoms with Gasteiger partial charge in [-0.3, -0.25) is 4.79 Å². The summed E-state index contributed by atoms with van der Waals surface area (Å²) in [5.74, 6) is -0.0815. The highest BCUT2D eigenvalue weighted by molar-refractivity contribution is 6.76. The van der Waals surface area contributed by atoms with E-state index in [1.165, 1.54) is 43.7 Å². The van der Waals surface area contributed by atoms with Gasteiger partial charge in [-0.25, -0.2) is 0 Å². The van der Waals surface area contributed by atoms with Crippen molar-refractivity contribution in [2.45, 2.75) is 78.6 Å². The smallest absolute Gasteiger partial charge is 0.311 e. The Bertz CT molecular complexity index is 361. The van der Waals surface area contributed by atoms with E-state index < -0.39 is 13.5 Å². The molecule has 0 bridgehead atoms. The second kappa shape index (κ2) is 6.93. The zero-order valence-electron chi connectivity index (χ0n) is 14.3. The van der Waals surface area contributed by atoms with E-state index >= 15 is 0 Å². The summed E-state index contributed by atoms with van der Waals surface area (Å²) < 4.78 is 5.59. The van der Waals surface area contributed by atoms with Gasteiger partial charge >= 0.3 is 5.97 Å². The first kappa shape index (κ1) is 17.5. The van der Waals surface area contributed by atoms with Crippen LogP contribution in [0.1, 0.15) is 52.9 Å². The fourth-order valence-electron chi connectivity index (χ4n) is 2.62. The highest BCUT2D eigenvalue weighted by Gasteiger charge is 2.25. The molecule has 2 nitrogen and oxygen atoms in total. The predicted octanol–water partition coefficient (Wildman–Crippen LogP) is 5.17. The molecule has 1 rings (SSSR count). The summed E-state index contributed by atoms with van der Waals surface area (Å²) >= 11 is 0. The van der Waals surface area contributed by atoms with Crippen LogP contribution in [0.4, 0.5) is 0 Å². The van der Waals surface area contributed by atoms with Crippen molar-refractivity contribution >= 4 is 14.0 Å². The first-order valence-electron chi connectivity index (χ1n) is 7.96. The molecule has 1 fully saturated rings. The third-order valence-electron chi connectivity index (χ3n) is 3.69. The fourth-order valence-corrected chi connectivity index (χ4v) is 4.25. The molecule has 0 aliphatic heterocycles. The quantitative estimate of drug-likeness (QED) is 0.406. The largest absolute Gasteiger partial charge is 0.461 e. The van der Waals surface area contributed by atoms with Crippen LogP contribution in [0.5, 0.6) is 0 Å². The number of esters is 1. The highest BCUT2D eigenvalue weighted by Crippen LogP contribution is 2.30. The van der Waals surface area contributed by atoms with E-state index in [9.17, 15) is 4.79 Å². The Morgan fingerprint density at radius 2 is 1.65 bits per heavy atom. The Hall–Kier alpha value is -0.573. The first-order valence-corrected chi connectivity index (χ1v) is 11.7. The molecule has 0 aromatic carbocycles. The molecular weight excluding hydrogens is 264 g/mol. The molecule has 0 saturated heterocycles. The number of hydrogen-bond acceptors (Lipinski definition) is 2. The third-order valence-corrected chi connectivity index (χ3v) is 5.18. The number of carbonyl (C=O) groups is 1. The Labute approximate surface area is 126 Å². The Morgan fingerprint density at radius 1 is 1.10 bits per heavy atom. The average molecular weight is 297 g/mol. The first-order chi connectivity index (χ1) is 9.09. The lowest BCUT2D eigenvalue weighted by atomic mass is 9.91. The van der Waals surface area contributed by atoms with Crippen molar-refractivity contribution in [1.29, 1.82) is 0 Å². The van der Waals surface area contributed by atoms with Crippen LogP contribution < -0.4 is 0 Å². The maximum Gasteiger partial charge on any atom is 0.311 e. The van der Waals surface area contributed by atoms with Crippen molar-refractivity contribution in [3.8, 4) is 0 Å². The van der Waals surface area contributed by atoms with E-state index in [4.69, 9.17) is 4.74 Å². The molecule has 0 N–H and O–H groups in total. The number of rotatable bonds is 4. The van der Waals surface area contributed by atoms with Gasteiger partial charge in [0.1, 0.15) is 6.61 Å². The molecule has 1 saturated carbocycles. The molecular formula is C17H32O2Si. The molecule has 0 heterocycles. The molecule has 1 aliphatic carbocycles. The van der Waals surface area contributed by atoms with Crippen molar-refractivity contribution in [3.05, 3.63) is 11.1 Å². The van der Waals surface area contributed by atoms with Gasteiger partial charge < -0.3 is 4.74 Å². The van der Waals surface area contributed by atoms with Crippen molar-refractivity contribution < 1.29 is 9.53 Å². The van der Waals surface area contributed by atoms with Crippen LogP contribution in [0.3, 0.4) is 0 Å². The predicted molar refractivity (Wildman–Crippen MR) is 88.7 cm³/mol. The van der Waals surface area contributed by atoms with Gasteiger partial charge in [0.05, 0.1) is 5.41 Å². The molecule has 0 spiro atoms. The van der Waals surface area contributed by atoms with E-state index in [0.717, 1.165) is 0 Å². The van der Waals surface area contributed by atoms with Gasteiger partial charge in [0, 0.05) is 8.07 Å².